The molecule has 1 fully saturated rings. The van der Waals surface area contributed by atoms with Crippen molar-refractivity contribution >= 4 is 5.91 Å². The lowest BCUT2D eigenvalue weighted by Gasteiger charge is -2.22. The molecule has 1 aliphatic rings. The van der Waals surface area contributed by atoms with Crippen LogP contribution in [0.5, 0.6) is 0 Å². The normalized spacial score (nSPS) is 25.4. The molecule has 0 saturated carbocycles. The molecule has 14 heavy (non-hydrogen) atoms. The number of nitrogens with zero attached hydrogens (tertiary/aromatic N) is 1. The second-order valence-corrected chi connectivity index (χ2v) is 3.40. The Bertz CT molecular complexity index is 223. The Hall–Kier alpha value is -0.750. The number of rotatable bonds is 3. The van der Waals surface area contributed by atoms with Crippen LogP contribution in [0.3, 0.4) is 0 Å². The van der Waals surface area contributed by atoms with Gasteiger partial charge >= 0.3 is 0 Å². The summed E-state index contributed by atoms with van der Waals surface area (Å²) in [6, 6.07) is -0.550. The molecule has 0 aromatic rings. The molecule has 4 nitrogen and oxygen atoms in total. The summed E-state index contributed by atoms with van der Waals surface area (Å²) in [5.74, 6) is -3.27. The highest BCUT2D eigenvalue weighted by Crippen LogP contribution is 2.31. The quantitative estimate of drug-likeness (QED) is 0.700. The molecule has 1 atom stereocenters. The van der Waals surface area contributed by atoms with Crippen molar-refractivity contribution in [3.63, 3.8) is 0 Å². The second kappa shape index (κ2) is 4.18. The lowest BCUT2D eigenvalue weighted by molar-refractivity contribution is -0.132. The lowest BCUT2D eigenvalue weighted by atomic mass is 10.2. The third kappa shape index (κ3) is 2.39. The van der Waals surface area contributed by atoms with Crippen LogP contribution in [-0.4, -0.2) is 49.6 Å². The average Bonchev–Trinajstić information content (AvgIpc) is 2.41. The van der Waals surface area contributed by atoms with Crippen LogP contribution < -0.4 is 5.73 Å². The molecule has 1 rings (SSSR count). The van der Waals surface area contributed by atoms with Gasteiger partial charge in [-0.05, 0) is 0 Å². The number of hydrogen-bond acceptors (Lipinski definition) is 3. The summed E-state index contributed by atoms with van der Waals surface area (Å²) in [4.78, 5) is 12.3. The zero-order chi connectivity index (χ0) is 10.8. The molecular formula is C8H14F2N2O2. The van der Waals surface area contributed by atoms with Crippen molar-refractivity contribution in [1.29, 1.82) is 0 Å². The first-order valence-corrected chi connectivity index (χ1v) is 4.36. The summed E-state index contributed by atoms with van der Waals surface area (Å²) in [5, 5.41) is 0. The topological polar surface area (TPSA) is 55.6 Å². The molecule has 0 radical (unpaired) electrons. The average molecular weight is 208 g/mol. The van der Waals surface area contributed by atoms with E-state index < -0.39 is 24.4 Å². The van der Waals surface area contributed by atoms with Crippen LogP contribution in [0, 0.1) is 0 Å². The molecule has 82 valence electrons. The van der Waals surface area contributed by atoms with Crippen LogP contribution in [0.25, 0.3) is 0 Å². The van der Waals surface area contributed by atoms with E-state index in [-0.39, 0.29) is 19.6 Å². The third-order valence-corrected chi connectivity index (χ3v) is 2.23. The first kappa shape index (κ1) is 11.3. The van der Waals surface area contributed by atoms with E-state index in [1.165, 1.54) is 7.11 Å². The van der Waals surface area contributed by atoms with Crippen LogP contribution in [-0.2, 0) is 9.53 Å². The van der Waals surface area contributed by atoms with Crippen molar-refractivity contribution in [3.8, 4) is 0 Å². The van der Waals surface area contributed by atoms with Crippen molar-refractivity contribution in [1.82, 2.24) is 4.90 Å². The van der Waals surface area contributed by atoms with Gasteiger partial charge in [0, 0.05) is 13.5 Å². The number of likely N-dealkylation sites (tertiary alicyclic amines) is 1. The number of hydrogen-bond donors (Lipinski definition) is 1. The molecule has 0 bridgehead atoms. The number of nitrogens with two attached hydrogens (primary N) is 1. The molecule has 6 heteroatoms. The van der Waals surface area contributed by atoms with Gasteiger partial charge in [-0.2, -0.15) is 0 Å². The maximum Gasteiger partial charge on any atom is 0.267 e. The van der Waals surface area contributed by atoms with Crippen LogP contribution in [0.4, 0.5) is 8.78 Å². The fourth-order valence-electron chi connectivity index (χ4n) is 1.65. The monoisotopic (exact) mass is 208 g/mol. The van der Waals surface area contributed by atoms with Gasteiger partial charge in [-0.3, -0.25) is 4.79 Å². The Labute approximate surface area is 81.0 Å². The summed E-state index contributed by atoms with van der Waals surface area (Å²) in [5.41, 5.74) is 5.12. The molecule has 1 saturated heterocycles. The molecule has 2 N–H and O–H groups in total. The van der Waals surface area contributed by atoms with Gasteiger partial charge in [0.2, 0.25) is 5.91 Å². The Morgan fingerprint density at radius 1 is 1.71 bits per heavy atom. The number of halogens is 2. The fourth-order valence-corrected chi connectivity index (χ4v) is 1.65. The van der Waals surface area contributed by atoms with E-state index >= 15 is 0 Å². The highest BCUT2D eigenvalue weighted by molar-refractivity contribution is 5.78. The third-order valence-electron chi connectivity index (χ3n) is 2.23. The van der Waals surface area contributed by atoms with Gasteiger partial charge < -0.3 is 15.4 Å². The Morgan fingerprint density at radius 2 is 2.36 bits per heavy atom. The smallest absolute Gasteiger partial charge is 0.267 e. The minimum atomic E-state index is -2.81. The zero-order valence-corrected chi connectivity index (χ0v) is 8.00. The van der Waals surface area contributed by atoms with Crippen LogP contribution in [0.15, 0.2) is 0 Å². The summed E-state index contributed by atoms with van der Waals surface area (Å²) in [7, 11) is 1.42. The van der Waals surface area contributed by atoms with E-state index in [4.69, 9.17) is 10.5 Å². The predicted octanol–water partition coefficient (Wildman–Crippen LogP) is -0.172. The van der Waals surface area contributed by atoms with E-state index in [2.05, 4.69) is 0 Å². The molecular weight excluding hydrogens is 194 g/mol. The fraction of sp³-hybridized carbons (Fsp3) is 0.875. The molecule has 0 aliphatic carbocycles. The van der Waals surface area contributed by atoms with Gasteiger partial charge in [-0.25, -0.2) is 8.78 Å². The molecule has 1 heterocycles. The van der Waals surface area contributed by atoms with Crippen molar-refractivity contribution < 1.29 is 18.3 Å². The molecule has 1 amide bonds. The number of carbonyl (C=O) groups is 1. The summed E-state index contributed by atoms with van der Waals surface area (Å²) < 4.78 is 30.7. The largest absolute Gasteiger partial charge is 0.383 e. The predicted molar refractivity (Wildman–Crippen MR) is 46.0 cm³/mol. The first-order valence-electron chi connectivity index (χ1n) is 4.36. The summed E-state index contributed by atoms with van der Waals surface area (Å²) >= 11 is 0. The Balaban J connectivity index is 2.67. The Kier molecular flexibility index (Phi) is 3.38. The number of carbonyl (C=O) groups excluding carboxylic acids is 1. The van der Waals surface area contributed by atoms with Gasteiger partial charge in [-0.1, -0.05) is 0 Å². The van der Waals surface area contributed by atoms with E-state index in [0.717, 1.165) is 4.90 Å². The van der Waals surface area contributed by atoms with E-state index in [1.807, 2.05) is 0 Å². The minimum absolute atomic E-state index is 0.126. The van der Waals surface area contributed by atoms with Gasteiger partial charge in [0.25, 0.3) is 5.92 Å². The maximum absolute atomic E-state index is 13.0. The maximum atomic E-state index is 13.0. The molecule has 0 aromatic carbocycles. The van der Waals surface area contributed by atoms with Crippen molar-refractivity contribution in [2.45, 2.75) is 18.4 Å². The van der Waals surface area contributed by atoms with Crippen molar-refractivity contribution in [3.05, 3.63) is 0 Å². The van der Waals surface area contributed by atoms with Crippen LogP contribution in [0.2, 0.25) is 0 Å². The standard InChI is InChI=1S/C8H14F2N2O2/c1-14-4-6-2-8(9,10)5-12(6)7(13)3-11/h6H,2-5,11H2,1H3. The first-order chi connectivity index (χ1) is 6.50. The molecule has 0 spiro atoms. The molecule has 1 unspecified atom stereocenters. The number of methoxy groups -OCH3 is 1. The van der Waals surface area contributed by atoms with Gasteiger partial charge in [0.1, 0.15) is 0 Å². The summed E-state index contributed by atoms with van der Waals surface area (Å²) in [6.07, 6.45) is -0.341. The molecule has 0 aromatic heterocycles. The minimum Gasteiger partial charge on any atom is -0.383 e. The zero-order valence-electron chi connectivity index (χ0n) is 8.00. The SMILES string of the molecule is COCC1CC(F)(F)CN1C(=O)CN. The molecule has 1 aliphatic heterocycles. The second-order valence-electron chi connectivity index (χ2n) is 3.40. The number of alkyl halides is 2. The highest BCUT2D eigenvalue weighted by atomic mass is 19.3. The highest BCUT2D eigenvalue weighted by Gasteiger charge is 2.46. The van der Waals surface area contributed by atoms with Crippen LogP contribution >= 0.6 is 0 Å². The summed E-state index contributed by atoms with van der Waals surface area (Å²) in [6.45, 7) is -0.658. The lowest BCUT2D eigenvalue weighted by Crippen LogP contribution is -2.42. The number of amides is 1. The van der Waals surface area contributed by atoms with E-state index in [1.54, 1.807) is 0 Å². The van der Waals surface area contributed by atoms with Gasteiger partial charge in [0.05, 0.1) is 25.7 Å². The van der Waals surface area contributed by atoms with Crippen LogP contribution in [0.1, 0.15) is 6.42 Å². The van der Waals surface area contributed by atoms with Gasteiger partial charge in [0.15, 0.2) is 0 Å². The number of ether oxygens (including phenoxy) is 1. The van der Waals surface area contributed by atoms with Gasteiger partial charge in [-0.15, -0.1) is 0 Å². The Morgan fingerprint density at radius 3 is 2.86 bits per heavy atom. The van der Waals surface area contributed by atoms with Crippen molar-refractivity contribution in [2.24, 2.45) is 5.73 Å². The van der Waals surface area contributed by atoms with E-state index in [0.29, 0.717) is 0 Å². The van der Waals surface area contributed by atoms with Crippen molar-refractivity contribution in [2.75, 3.05) is 26.8 Å². The van der Waals surface area contributed by atoms with E-state index in [9.17, 15) is 13.6 Å².